The predicted molar refractivity (Wildman–Crippen MR) is 72.7 cm³/mol. The molecule has 0 bridgehead atoms. The maximum absolute atomic E-state index is 11.5. The average Bonchev–Trinajstić information content (AvgIpc) is 2.32. The van der Waals surface area contributed by atoms with Crippen LogP contribution in [0, 0.1) is 11.3 Å². The molecule has 0 aliphatic carbocycles. The number of aromatic carboxylic acids is 1. The van der Waals surface area contributed by atoms with E-state index in [9.17, 15) is 9.59 Å². The zero-order valence-corrected chi connectivity index (χ0v) is 11.5. The first-order valence-corrected chi connectivity index (χ1v) is 6.76. The summed E-state index contributed by atoms with van der Waals surface area (Å²) in [7, 11) is 0. The monoisotopic (exact) mass is 328 g/mol. The number of thioether (sulfide) groups is 1. The van der Waals surface area contributed by atoms with Gasteiger partial charge in [-0.25, -0.2) is 4.79 Å². The third-order valence-corrected chi connectivity index (χ3v) is 3.38. The number of rotatable bonds is 5. The van der Waals surface area contributed by atoms with Crippen molar-refractivity contribution in [1.82, 2.24) is 0 Å². The van der Waals surface area contributed by atoms with Gasteiger partial charge in [0, 0.05) is 4.47 Å². The van der Waals surface area contributed by atoms with E-state index in [0.29, 0.717) is 10.2 Å². The molecule has 5 nitrogen and oxygen atoms in total. The van der Waals surface area contributed by atoms with E-state index in [2.05, 4.69) is 21.2 Å². The molecule has 0 aliphatic heterocycles. The molecule has 0 atom stereocenters. The van der Waals surface area contributed by atoms with Gasteiger partial charge in [-0.3, -0.25) is 4.79 Å². The molecule has 0 spiro atoms. The first-order valence-electron chi connectivity index (χ1n) is 4.82. The predicted octanol–water partition coefficient (Wildman–Crippen LogP) is 2.34. The summed E-state index contributed by atoms with van der Waals surface area (Å²) in [6.07, 6.45) is 0. The van der Waals surface area contributed by atoms with Crippen LogP contribution in [0.15, 0.2) is 22.7 Å². The highest BCUT2D eigenvalue weighted by atomic mass is 79.9. The molecule has 94 valence electrons. The lowest BCUT2D eigenvalue weighted by atomic mass is 10.2. The van der Waals surface area contributed by atoms with Gasteiger partial charge in [0.25, 0.3) is 0 Å². The zero-order valence-electron chi connectivity index (χ0n) is 9.14. The van der Waals surface area contributed by atoms with Crippen LogP contribution in [0.25, 0.3) is 0 Å². The van der Waals surface area contributed by atoms with Gasteiger partial charge < -0.3 is 10.4 Å². The largest absolute Gasteiger partial charge is 0.478 e. The molecule has 1 amide bonds. The van der Waals surface area contributed by atoms with E-state index in [1.807, 2.05) is 6.07 Å². The van der Waals surface area contributed by atoms with Crippen LogP contribution in [0.5, 0.6) is 0 Å². The fraction of sp³-hybridized carbons (Fsp3) is 0.182. The maximum Gasteiger partial charge on any atom is 0.335 e. The van der Waals surface area contributed by atoms with Gasteiger partial charge in [-0.1, -0.05) is 0 Å². The molecule has 7 heteroatoms. The van der Waals surface area contributed by atoms with Crippen molar-refractivity contribution in [2.24, 2.45) is 0 Å². The van der Waals surface area contributed by atoms with Crippen molar-refractivity contribution in [3.63, 3.8) is 0 Å². The number of benzene rings is 1. The maximum atomic E-state index is 11.5. The Kier molecular flexibility index (Phi) is 5.68. The Morgan fingerprint density at radius 2 is 2.22 bits per heavy atom. The van der Waals surface area contributed by atoms with Crippen molar-refractivity contribution in [2.45, 2.75) is 0 Å². The molecule has 0 saturated heterocycles. The quantitative estimate of drug-likeness (QED) is 0.809. The summed E-state index contributed by atoms with van der Waals surface area (Å²) >= 11 is 4.42. The SMILES string of the molecule is N#CCSCC(=O)Nc1cc(C(=O)O)ccc1Br. The summed E-state index contributed by atoms with van der Waals surface area (Å²) in [6, 6.07) is 6.29. The normalized spacial score (nSPS) is 9.56. The lowest BCUT2D eigenvalue weighted by molar-refractivity contribution is -0.113. The second-order valence-electron chi connectivity index (χ2n) is 3.20. The molecule has 1 aromatic carbocycles. The second kappa shape index (κ2) is 7.03. The molecule has 0 saturated carbocycles. The Morgan fingerprint density at radius 1 is 1.50 bits per heavy atom. The van der Waals surface area contributed by atoms with Crippen molar-refractivity contribution in [3.8, 4) is 6.07 Å². The number of carboxylic acids is 1. The van der Waals surface area contributed by atoms with Crippen LogP contribution in [0.1, 0.15) is 10.4 Å². The highest BCUT2D eigenvalue weighted by Crippen LogP contribution is 2.23. The van der Waals surface area contributed by atoms with Crippen molar-refractivity contribution in [1.29, 1.82) is 5.26 Å². The Labute approximate surface area is 116 Å². The summed E-state index contributed by atoms with van der Waals surface area (Å²) in [5, 5.41) is 19.8. The molecule has 0 aromatic heterocycles. The van der Waals surface area contributed by atoms with Gasteiger partial charge in [-0.05, 0) is 34.1 Å². The molecular formula is C11H9BrN2O3S. The number of anilines is 1. The van der Waals surface area contributed by atoms with E-state index in [1.165, 1.54) is 23.9 Å². The molecule has 2 N–H and O–H groups in total. The highest BCUT2D eigenvalue weighted by molar-refractivity contribution is 9.10. The van der Waals surface area contributed by atoms with Crippen molar-refractivity contribution in [3.05, 3.63) is 28.2 Å². The van der Waals surface area contributed by atoms with Gasteiger partial charge in [0.05, 0.1) is 28.8 Å². The van der Waals surface area contributed by atoms with Gasteiger partial charge in [0.1, 0.15) is 0 Å². The fourth-order valence-corrected chi connectivity index (χ4v) is 1.93. The van der Waals surface area contributed by atoms with Crippen LogP contribution in [0.4, 0.5) is 5.69 Å². The molecule has 0 aliphatic rings. The molecule has 0 fully saturated rings. The lowest BCUT2D eigenvalue weighted by Crippen LogP contribution is -2.15. The third kappa shape index (κ3) is 4.39. The van der Waals surface area contributed by atoms with Crippen LogP contribution >= 0.6 is 27.7 Å². The Hall–Kier alpha value is -1.52. The number of hydrogen-bond donors (Lipinski definition) is 2. The molecule has 1 aromatic rings. The summed E-state index contributed by atoms with van der Waals surface area (Å²) in [5.41, 5.74) is 0.496. The number of carbonyl (C=O) groups excluding carboxylic acids is 1. The minimum atomic E-state index is -1.06. The summed E-state index contributed by atoms with van der Waals surface area (Å²) < 4.78 is 0.603. The lowest BCUT2D eigenvalue weighted by Gasteiger charge is -2.07. The second-order valence-corrected chi connectivity index (χ2v) is 5.04. The number of amides is 1. The van der Waals surface area contributed by atoms with E-state index in [0.717, 1.165) is 0 Å². The first-order chi connectivity index (χ1) is 8.54. The van der Waals surface area contributed by atoms with Gasteiger partial charge >= 0.3 is 5.97 Å². The zero-order chi connectivity index (χ0) is 13.5. The summed E-state index contributed by atoms with van der Waals surface area (Å²) in [6.45, 7) is 0. The number of carboxylic acid groups (broad SMARTS) is 1. The topological polar surface area (TPSA) is 90.2 Å². The van der Waals surface area contributed by atoms with Crippen LogP contribution in [-0.2, 0) is 4.79 Å². The minimum absolute atomic E-state index is 0.0955. The molecule has 18 heavy (non-hydrogen) atoms. The average molecular weight is 329 g/mol. The van der Waals surface area contributed by atoms with Gasteiger partial charge in [-0.2, -0.15) is 5.26 Å². The molecule has 0 unspecified atom stereocenters. The van der Waals surface area contributed by atoms with E-state index in [1.54, 1.807) is 6.07 Å². The molecular weight excluding hydrogens is 320 g/mol. The highest BCUT2D eigenvalue weighted by Gasteiger charge is 2.09. The number of nitrogens with zero attached hydrogens (tertiary/aromatic N) is 1. The van der Waals surface area contributed by atoms with E-state index >= 15 is 0 Å². The standard InChI is InChI=1S/C11H9BrN2O3S/c12-8-2-1-7(11(16)17)5-9(8)14-10(15)6-18-4-3-13/h1-2,5H,4,6H2,(H,14,15)(H,16,17). The van der Waals surface area contributed by atoms with E-state index < -0.39 is 5.97 Å². The Bertz CT molecular complexity index is 514. The van der Waals surface area contributed by atoms with Crippen molar-refractivity contribution >= 4 is 45.3 Å². The summed E-state index contributed by atoms with van der Waals surface area (Å²) in [4.78, 5) is 22.3. The van der Waals surface area contributed by atoms with E-state index in [4.69, 9.17) is 10.4 Å². The van der Waals surface area contributed by atoms with Crippen molar-refractivity contribution < 1.29 is 14.7 Å². The Balaban J connectivity index is 2.72. The fourth-order valence-electron chi connectivity index (χ4n) is 1.13. The number of nitriles is 1. The van der Waals surface area contributed by atoms with Crippen LogP contribution < -0.4 is 5.32 Å². The number of halogens is 1. The first kappa shape index (κ1) is 14.5. The smallest absolute Gasteiger partial charge is 0.335 e. The van der Waals surface area contributed by atoms with Crippen LogP contribution in [0.3, 0.4) is 0 Å². The van der Waals surface area contributed by atoms with Crippen LogP contribution in [-0.4, -0.2) is 28.5 Å². The molecule has 0 heterocycles. The van der Waals surface area contributed by atoms with Gasteiger partial charge in [0.15, 0.2) is 0 Å². The number of nitrogens with one attached hydrogen (secondary N) is 1. The van der Waals surface area contributed by atoms with Crippen molar-refractivity contribution in [2.75, 3.05) is 16.8 Å². The van der Waals surface area contributed by atoms with Crippen LogP contribution in [0.2, 0.25) is 0 Å². The number of hydrogen-bond acceptors (Lipinski definition) is 4. The van der Waals surface area contributed by atoms with E-state index in [-0.39, 0.29) is 23.0 Å². The van der Waals surface area contributed by atoms with Gasteiger partial charge in [-0.15, -0.1) is 11.8 Å². The summed E-state index contributed by atoms with van der Waals surface area (Å²) in [5.74, 6) is -0.948. The Morgan fingerprint density at radius 3 is 2.83 bits per heavy atom. The number of carbonyl (C=O) groups is 2. The minimum Gasteiger partial charge on any atom is -0.478 e. The van der Waals surface area contributed by atoms with Gasteiger partial charge in [0.2, 0.25) is 5.91 Å². The molecule has 1 rings (SSSR count). The molecule has 0 radical (unpaired) electrons. The third-order valence-electron chi connectivity index (χ3n) is 1.89.